The van der Waals surface area contributed by atoms with Crippen LogP contribution in [0, 0.1) is 5.82 Å². The maximum absolute atomic E-state index is 13.6. The van der Waals surface area contributed by atoms with Crippen molar-refractivity contribution in [1.29, 1.82) is 0 Å². The van der Waals surface area contributed by atoms with Crippen LogP contribution >= 0.6 is 23.2 Å². The van der Waals surface area contributed by atoms with Gasteiger partial charge in [-0.2, -0.15) is 0 Å². The molecule has 1 aromatic carbocycles. The summed E-state index contributed by atoms with van der Waals surface area (Å²) in [4.78, 5) is 15.5. The van der Waals surface area contributed by atoms with Crippen molar-refractivity contribution in [1.82, 2.24) is 9.88 Å². The van der Waals surface area contributed by atoms with Crippen molar-refractivity contribution in [2.24, 2.45) is 5.73 Å². The second-order valence-electron chi connectivity index (χ2n) is 4.72. The number of benzene rings is 1. The van der Waals surface area contributed by atoms with Crippen molar-refractivity contribution in [2.75, 3.05) is 13.6 Å². The summed E-state index contributed by atoms with van der Waals surface area (Å²) in [6.45, 7) is 1.76. The Hall–Kier alpha value is -1.27. The second-order valence-corrected chi connectivity index (χ2v) is 5.48. The summed E-state index contributed by atoms with van der Waals surface area (Å²) in [5.41, 5.74) is 7.45. The SMILES string of the molecule is CN1Cc2cnc3c(Cl)c(Cl)c(F)cc3c2C1.NCC=O. The smallest absolute Gasteiger partial charge is 0.144 e. The molecule has 0 aliphatic carbocycles. The van der Waals surface area contributed by atoms with Crippen molar-refractivity contribution in [3.05, 3.63) is 39.3 Å². The zero-order valence-electron chi connectivity index (χ0n) is 11.4. The lowest BCUT2D eigenvalue weighted by atomic mass is 10.1. The molecule has 2 aromatic rings. The van der Waals surface area contributed by atoms with Crippen LogP contribution in [-0.4, -0.2) is 29.8 Å². The van der Waals surface area contributed by atoms with Gasteiger partial charge >= 0.3 is 0 Å². The molecule has 2 N–H and O–H groups in total. The van der Waals surface area contributed by atoms with E-state index in [-0.39, 0.29) is 16.6 Å². The lowest BCUT2D eigenvalue weighted by Crippen LogP contribution is -2.07. The van der Waals surface area contributed by atoms with Gasteiger partial charge in [-0.15, -0.1) is 0 Å². The Morgan fingerprint density at radius 1 is 1.43 bits per heavy atom. The van der Waals surface area contributed by atoms with E-state index >= 15 is 0 Å². The van der Waals surface area contributed by atoms with Gasteiger partial charge in [0.2, 0.25) is 0 Å². The number of fused-ring (bicyclic) bond motifs is 3. The number of halogens is 3. The molecule has 3 rings (SSSR count). The van der Waals surface area contributed by atoms with Gasteiger partial charge in [-0.3, -0.25) is 9.88 Å². The molecule has 2 heterocycles. The molecule has 1 aliphatic heterocycles. The zero-order chi connectivity index (χ0) is 15.6. The lowest BCUT2D eigenvalue weighted by molar-refractivity contribution is -0.106. The van der Waals surface area contributed by atoms with Crippen molar-refractivity contribution in [3.63, 3.8) is 0 Å². The second kappa shape index (κ2) is 6.66. The Morgan fingerprint density at radius 3 is 2.71 bits per heavy atom. The lowest BCUT2D eigenvalue weighted by Gasteiger charge is -2.07. The van der Waals surface area contributed by atoms with Crippen LogP contribution in [0.25, 0.3) is 10.9 Å². The van der Waals surface area contributed by atoms with E-state index in [1.165, 1.54) is 6.07 Å². The topological polar surface area (TPSA) is 59.2 Å². The van der Waals surface area contributed by atoms with Crippen molar-refractivity contribution >= 4 is 40.4 Å². The maximum atomic E-state index is 13.6. The molecule has 1 aromatic heterocycles. The number of aromatic nitrogens is 1. The summed E-state index contributed by atoms with van der Waals surface area (Å²) in [5, 5.41) is 0.899. The average Bonchev–Trinajstić information content (AvgIpc) is 2.86. The minimum Gasteiger partial charge on any atom is -0.324 e. The van der Waals surface area contributed by atoms with E-state index in [9.17, 15) is 4.39 Å². The van der Waals surface area contributed by atoms with Gasteiger partial charge in [-0.1, -0.05) is 23.2 Å². The molecular formula is C14H14Cl2FN3O. The monoisotopic (exact) mass is 329 g/mol. The summed E-state index contributed by atoms with van der Waals surface area (Å²) >= 11 is 11.8. The number of nitrogens with zero attached hydrogens (tertiary/aromatic N) is 2. The number of carbonyl (C=O) groups is 1. The van der Waals surface area contributed by atoms with Crippen LogP contribution in [-0.2, 0) is 17.9 Å². The van der Waals surface area contributed by atoms with Crippen LogP contribution in [0.15, 0.2) is 12.3 Å². The van der Waals surface area contributed by atoms with Crippen molar-refractivity contribution in [2.45, 2.75) is 13.1 Å². The molecule has 0 spiro atoms. The fourth-order valence-corrected chi connectivity index (χ4v) is 2.66. The van der Waals surface area contributed by atoms with Gasteiger partial charge in [0.25, 0.3) is 0 Å². The van der Waals surface area contributed by atoms with Crippen LogP contribution in [0.3, 0.4) is 0 Å². The van der Waals surface area contributed by atoms with Crippen LogP contribution in [0.5, 0.6) is 0 Å². The summed E-state index contributed by atoms with van der Waals surface area (Å²) in [7, 11) is 2.01. The molecule has 0 saturated heterocycles. The maximum Gasteiger partial charge on any atom is 0.144 e. The first-order valence-corrected chi connectivity index (χ1v) is 7.01. The molecule has 0 bridgehead atoms. The highest BCUT2D eigenvalue weighted by Gasteiger charge is 2.21. The van der Waals surface area contributed by atoms with E-state index < -0.39 is 5.82 Å². The summed E-state index contributed by atoms with van der Waals surface area (Å²) in [5.74, 6) is -0.492. The molecule has 0 saturated carbocycles. The van der Waals surface area contributed by atoms with E-state index in [2.05, 4.69) is 15.6 Å². The van der Waals surface area contributed by atoms with Crippen LogP contribution in [0.2, 0.25) is 10.0 Å². The van der Waals surface area contributed by atoms with E-state index in [0.29, 0.717) is 11.8 Å². The number of aldehydes is 1. The summed E-state index contributed by atoms with van der Waals surface area (Å²) in [6, 6.07) is 1.43. The van der Waals surface area contributed by atoms with E-state index in [1.807, 2.05) is 7.05 Å². The Kier molecular flexibility index (Phi) is 5.11. The highest BCUT2D eigenvalue weighted by atomic mass is 35.5. The Bertz CT molecular complexity index is 694. The standard InChI is InChI=1S/C12H9Cl2FN2.C2H5NO/c1-17-4-6-3-16-12-7(8(6)5-17)2-9(15)10(13)11(12)14;3-1-2-4/h2-3H,4-5H2,1H3;2H,1,3H2. The third kappa shape index (κ3) is 3.16. The summed E-state index contributed by atoms with van der Waals surface area (Å²) in [6.07, 6.45) is 2.45. The highest BCUT2D eigenvalue weighted by Crippen LogP contribution is 2.36. The molecule has 0 amide bonds. The first-order chi connectivity index (χ1) is 9.99. The van der Waals surface area contributed by atoms with Gasteiger partial charge in [0, 0.05) is 31.2 Å². The van der Waals surface area contributed by atoms with Gasteiger partial charge in [0.15, 0.2) is 0 Å². The fraction of sp³-hybridized carbons (Fsp3) is 0.286. The van der Waals surface area contributed by atoms with Crippen molar-refractivity contribution in [3.8, 4) is 0 Å². The molecule has 112 valence electrons. The normalized spacial score (nSPS) is 13.8. The fourth-order valence-electron chi connectivity index (χ4n) is 2.27. The van der Waals surface area contributed by atoms with Crippen LogP contribution < -0.4 is 5.73 Å². The van der Waals surface area contributed by atoms with E-state index in [0.717, 1.165) is 29.6 Å². The quantitative estimate of drug-likeness (QED) is 0.645. The van der Waals surface area contributed by atoms with Gasteiger partial charge in [-0.25, -0.2) is 4.39 Å². The number of carbonyl (C=O) groups excluding carboxylic acids is 1. The van der Waals surface area contributed by atoms with Crippen LogP contribution in [0.4, 0.5) is 4.39 Å². The largest absolute Gasteiger partial charge is 0.324 e. The Labute approximate surface area is 131 Å². The predicted molar refractivity (Wildman–Crippen MR) is 82.0 cm³/mol. The third-order valence-electron chi connectivity index (χ3n) is 3.16. The first kappa shape index (κ1) is 16.1. The summed E-state index contributed by atoms with van der Waals surface area (Å²) < 4.78 is 13.6. The molecule has 0 radical (unpaired) electrons. The number of nitrogens with two attached hydrogens (primary N) is 1. The third-order valence-corrected chi connectivity index (χ3v) is 4.00. The van der Waals surface area contributed by atoms with Crippen LogP contribution in [0.1, 0.15) is 11.1 Å². The molecule has 21 heavy (non-hydrogen) atoms. The predicted octanol–water partition coefficient (Wildman–Crippen LogP) is 2.77. The molecule has 0 atom stereocenters. The van der Waals surface area contributed by atoms with Gasteiger partial charge in [-0.05, 0) is 24.2 Å². The number of hydrogen-bond acceptors (Lipinski definition) is 4. The number of pyridine rings is 1. The Morgan fingerprint density at radius 2 is 2.10 bits per heavy atom. The molecular weight excluding hydrogens is 316 g/mol. The van der Waals surface area contributed by atoms with Gasteiger partial charge in [0.1, 0.15) is 12.1 Å². The van der Waals surface area contributed by atoms with E-state index in [4.69, 9.17) is 28.0 Å². The number of rotatable bonds is 1. The Balaban J connectivity index is 0.000000361. The average molecular weight is 330 g/mol. The molecule has 0 fully saturated rings. The first-order valence-electron chi connectivity index (χ1n) is 6.25. The minimum atomic E-state index is -0.492. The zero-order valence-corrected chi connectivity index (χ0v) is 12.9. The van der Waals surface area contributed by atoms with Gasteiger partial charge < -0.3 is 10.5 Å². The number of hydrogen-bond donors (Lipinski definition) is 1. The molecule has 0 unspecified atom stereocenters. The molecule has 4 nitrogen and oxygen atoms in total. The molecule has 7 heteroatoms. The van der Waals surface area contributed by atoms with Gasteiger partial charge in [0.05, 0.1) is 15.6 Å². The minimum absolute atomic E-state index is 0.0574. The molecule has 1 aliphatic rings. The van der Waals surface area contributed by atoms with Crippen molar-refractivity contribution < 1.29 is 9.18 Å². The highest BCUT2D eigenvalue weighted by molar-refractivity contribution is 6.45. The van der Waals surface area contributed by atoms with E-state index in [1.54, 1.807) is 6.20 Å².